The molecule has 0 unspecified atom stereocenters. The van der Waals surface area contributed by atoms with Crippen molar-refractivity contribution in [1.29, 1.82) is 0 Å². The van der Waals surface area contributed by atoms with Gasteiger partial charge >= 0.3 is 30.9 Å². The molecular formula is C21H7F15N2O2. The number of H-pyrrole nitrogens is 1. The monoisotopic (exact) mass is 604 g/mol. The van der Waals surface area contributed by atoms with E-state index in [0.717, 1.165) is 5.10 Å². The number of aromatic nitrogens is 2. The summed E-state index contributed by atoms with van der Waals surface area (Å²) in [4.78, 5) is 25.5. The molecular weight excluding hydrogens is 597 g/mol. The van der Waals surface area contributed by atoms with E-state index in [1.807, 2.05) is 0 Å². The molecule has 0 saturated heterocycles. The van der Waals surface area contributed by atoms with Crippen molar-refractivity contribution < 1.29 is 70.7 Å². The van der Waals surface area contributed by atoms with Crippen molar-refractivity contribution in [2.75, 3.05) is 0 Å². The van der Waals surface area contributed by atoms with E-state index in [1.165, 1.54) is 0 Å². The molecule has 3 aromatic rings. The Bertz CT molecular complexity index is 1510. The summed E-state index contributed by atoms with van der Waals surface area (Å²) in [7, 11) is 0. The number of nitrogens with one attached hydrogen (secondary N) is 1. The highest BCUT2D eigenvalue weighted by molar-refractivity contribution is 6.10. The van der Waals surface area contributed by atoms with Crippen molar-refractivity contribution >= 4 is 5.78 Å². The molecule has 0 amide bonds. The number of carbonyl (C=O) groups excluding carboxylic acids is 1. The summed E-state index contributed by atoms with van der Waals surface area (Å²) in [5.74, 6) is -2.49. The van der Waals surface area contributed by atoms with E-state index in [9.17, 15) is 75.4 Å². The number of nitrogens with zero attached hydrogens (tertiary/aromatic N) is 1. The van der Waals surface area contributed by atoms with E-state index in [-0.39, 0.29) is 24.3 Å². The third-order valence-corrected chi connectivity index (χ3v) is 5.17. The van der Waals surface area contributed by atoms with E-state index in [0.29, 0.717) is 0 Å². The summed E-state index contributed by atoms with van der Waals surface area (Å²) < 4.78 is 199. The highest BCUT2D eigenvalue weighted by Gasteiger charge is 2.45. The second kappa shape index (κ2) is 9.33. The molecule has 1 N–H and O–H groups in total. The van der Waals surface area contributed by atoms with E-state index < -0.39 is 104 Å². The third kappa shape index (κ3) is 5.81. The number of carbonyl (C=O) groups is 1. The first-order valence-corrected chi connectivity index (χ1v) is 9.89. The van der Waals surface area contributed by atoms with Crippen LogP contribution in [0.5, 0.6) is 0 Å². The molecule has 0 atom stereocenters. The molecule has 0 spiro atoms. The van der Waals surface area contributed by atoms with Crippen LogP contribution in [-0.2, 0) is 30.9 Å². The SMILES string of the molecule is O=C(c1ccc(C(F)(F)F)cc1C(F)(F)F)c1c(C(F)(F)F)[nH]n(-c2ccc(C(F)(F)F)cc2C(F)(F)F)c1=O. The van der Waals surface area contributed by atoms with Crippen LogP contribution < -0.4 is 5.56 Å². The lowest BCUT2D eigenvalue weighted by atomic mass is 9.95. The topological polar surface area (TPSA) is 54.9 Å². The van der Waals surface area contributed by atoms with Gasteiger partial charge in [0.1, 0.15) is 5.56 Å². The van der Waals surface area contributed by atoms with Crippen LogP contribution in [0.25, 0.3) is 5.69 Å². The first-order valence-electron chi connectivity index (χ1n) is 9.89. The number of aromatic amines is 1. The number of halogens is 15. The molecule has 0 saturated carbocycles. The molecule has 1 heterocycles. The standard InChI is InChI=1S/C21H7F15N2O2/c22-17(23,24)7-1-3-9(10(5-7)19(28,29)30)14(39)13-15(21(34,35)36)37-38(16(13)40)12-4-2-8(18(25,26)27)6-11(12)20(31,32)33/h1-6,37H. The molecule has 0 bridgehead atoms. The lowest BCUT2D eigenvalue weighted by molar-refractivity contribution is -0.144. The maximum absolute atomic E-state index is 13.7. The highest BCUT2D eigenvalue weighted by Crippen LogP contribution is 2.41. The molecule has 40 heavy (non-hydrogen) atoms. The second-order valence-electron chi connectivity index (χ2n) is 7.81. The maximum atomic E-state index is 13.7. The van der Waals surface area contributed by atoms with Gasteiger partial charge in [0, 0.05) is 5.56 Å². The van der Waals surface area contributed by atoms with Gasteiger partial charge < -0.3 is 0 Å². The van der Waals surface area contributed by atoms with E-state index in [2.05, 4.69) is 0 Å². The Balaban J connectivity index is 2.37. The Labute approximate surface area is 209 Å². The van der Waals surface area contributed by atoms with Crippen LogP contribution in [0.3, 0.4) is 0 Å². The van der Waals surface area contributed by atoms with Crippen LogP contribution in [0, 0.1) is 0 Å². The normalized spacial score (nSPS) is 13.6. The number of hydrogen-bond acceptors (Lipinski definition) is 2. The van der Waals surface area contributed by atoms with E-state index in [1.54, 1.807) is 0 Å². The van der Waals surface area contributed by atoms with Crippen molar-refractivity contribution in [3.8, 4) is 5.69 Å². The van der Waals surface area contributed by atoms with Crippen LogP contribution in [-0.4, -0.2) is 15.6 Å². The molecule has 0 aliphatic rings. The van der Waals surface area contributed by atoms with Crippen LogP contribution in [0.2, 0.25) is 0 Å². The highest BCUT2D eigenvalue weighted by atomic mass is 19.4. The van der Waals surface area contributed by atoms with Gasteiger partial charge in [0.05, 0.1) is 27.9 Å². The minimum atomic E-state index is -5.87. The van der Waals surface area contributed by atoms with Gasteiger partial charge in [-0.1, -0.05) is 0 Å². The summed E-state index contributed by atoms with van der Waals surface area (Å²) in [5.41, 5.74) is -19.5. The predicted molar refractivity (Wildman–Crippen MR) is 101 cm³/mol. The zero-order chi connectivity index (χ0) is 30.8. The quantitative estimate of drug-likeness (QED) is 0.249. The first-order chi connectivity index (χ1) is 17.8. The van der Waals surface area contributed by atoms with Gasteiger partial charge in [-0.15, -0.1) is 0 Å². The van der Waals surface area contributed by atoms with E-state index in [4.69, 9.17) is 0 Å². The Morgan fingerprint density at radius 2 is 1.05 bits per heavy atom. The van der Waals surface area contributed by atoms with Crippen LogP contribution in [0.15, 0.2) is 41.2 Å². The van der Waals surface area contributed by atoms with Crippen LogP contribution in [0.1, 0.15) is 43.9 Å². The van der Waals surface area contributed by atoms with Gasteiger partial charge in [-0.2, -0.15) is 65.9 Å². The number of benzene rings is 2. The summed E-state index contributed by atoms with van der Waals surface area (Å²) in [6, 6.07) is -1.68. The zero-order valence-electron chi connectivity index (χ0n) is 18.4. The zero-order valence-corrected chi connectivity index (χ0v) is 18.4. The predicted octanol–water partition coefficient (Wildman–Crippen LogP) is 7.49. The fourth-order valence-electron chi connectivity index (χ4n) is 3.44. The third-order valence-electron chi connectivity index (χ3n) is 5.17. The van der Waals surface area contributed by atoms with Crippen molar-refractivity contribution in [3.63, 3.8) is 0 Å². The number of ketones is 1. The Hall–Kier alpha value is -3.93. The maximum Gasteiger partial charge on any atom is 0.433 e. The molecule has 19 heteroatoms. The molecule has 0 radical (unpaired) electrons. The summed E-state index contributed by atoms with van der Waals surface area (Å²) >= 11 is 0. The molecule has 3 rings (SSSR count). The summed E-state index contributed by atoms with van der Waals surface area (Å²) in [6.07, 6.45) is -28.2. The first kappa shape index (κ1) is 30.6. The molecule has 0 aliphatic heterocycles. The van der Waals surface area contributed by atoms with Gasteiger partial charge in [0.25, 0.3) is 5.56 Å². The van der Waals surface area contributed by atoms with Crippen molar-refractivity contribution in [1.82, 2.24) is 9.78 Å². The Morgan fingerprint density at radius 3 is 1.48 bits per heavy atom. The fraction of sp³-hybridized carbons (Fsp3) is 0.238. The van der Waals surface area contributed by atoms with Crippen molar-refractivity contribution in [3.05, 3.63) is 85.8 Å². The van der Waals surface area contributed by atoms with Gasteiger partial charge in [0.15, 0.2) is 5.69 Å². The van der Waals surface area contributed by atoms with Gasteiger partial charge in [-0.05, 0) is 36.4 Å². The van der Waals surface area contributed by atoms with Gasteiger partial charge in [-0.25, -0.2) is 4.68 Å². The molecule has 0 aliphatic carbocycles. The average Bonchev–Trinajstić information content (AvgIpc) is 3.12. The Kier molecular flexibility index (Phi) is 7.14. The van der Waals surface area contributed by atoms with Crippen LogP contribution >= 0.6 is 0 Å². The van der Waals surface area contributed by atoms with Gasteiger partial charge in [0.2, 0.25) is 5.78 Å². The molecule has 2 aromatic carbocycles. The average molecular weight is 604 g/mol. The molecule has 4 nitrogen and oxygen atoms in total. The second-order valence-corrected chi connectivity index (χ2v) is 7.81. The summed E-state index contributed by atoms with van der Waals surface area (Å²) in [5, 5.41) is 1.04. The number of alkyl halides is 15. The van der Waals surface area contributed by atoms with Crippen molar-refractivity contribution in [2.24, 2.45) is 0 Å². The summed E-state index contributed by atoms with van der Waals surface area (Å²) in [6.45, 7) is 0. The molecule has 1 aromatic heterocycles. The van der Waals surface area contributed by atoms with Gasteiger partial charge in [-0.3, -0.25) is 14.7 Å². The largest absolute Gasteiger partial charge is 0.433 e. The number of hydrogen-bond donors (Lipinski definition) is 1. The van der Waals surface area contributed by atoms with Crippen LogP contribution in [0.4, 0.5) is 65.9 Å². The minimum absolute atomic E-state index is 0.0652. The molecule has 0 fully saturated rings. The lowest BCUT2D eigenvalue weighted by Gasteiger charge is -2.16. The smallest absolute Gasteiger partial charge is 0.288 e. The fourth-order valence-corrected chi connectivity index (χ4v) is 3.44. The van der Waals surface area contributed by atoms with Crippen molar-refractivity contribution in [2.45, 2.75) is 30.9 Å². The molecule has 218 valence electrons. The van der Waals surface area contributed by atoms with E-state index >= 15 is 0 Å². The lowest BCUT2D eigenvalue weighted by Crippen LogP contribution is -2.26. The minimum Gasteiger partial charge on any atom is -0.288 e. The number of rotatable bonds is 3. The Morgan fingerprint density at radius 1 is 0.600 bits per heavy atom.